The highest BCUT2D eigenvalue weighted by molar-refractivity contribution is 7.17. The normalized spacial score (nSPS) is 18.3. The summed E-state index contributed by atoms with van der Waals surface area (Å²) in [5.74, 6) is -1.06. The van der Waals surface area contributed by atoms with Gasteiger partial charge in [0.1, 0.15) is 10.8 Å². The lowest BCUT2D eigenvalue weighted by molar-refractivity contribution is -0.122. The number of benzene rings is 1. The molecule has 1 aliphatic carbocycles. The lowest BCUT2D eigenvalue weighted by atomic mass is 9.95. The Bertz CT molecular complexity index is 1040. The van der Waals surface area contributed by atoms with Crippen LogP contribution in [-0.4, -0.2) is 31.4 Å². The number of thiophene rings is 1. The standard InChI is InChI=1S/C21H22ClN3O4S/c1-29-15-7-6-12(22)9-14(15)25-10-11(8-17(25)26)20(28)24-21-18(19(23)27)13-4-2-3-5-16(13)30-21/h6-7,9,11H,2-5,8,10H2,1H3,(H2,23,27)(H,24,28)/t11-/m0/s1. The number of hydrogen-bond acceptors (Lipinski definition) is 5. The summed E-state index contributed by atoms with van der Waals surface area (Å²) >= 11 is 7.50. The molecule has 3 N–H and O–H groups in total. The molecule has 3 amide bonds. The van der Waals surface area contributed by atoms with Gasteiger partial charge in [0, 0.05) is 22.9 Å². The zero-order valence-electron chi connectivity index (χ0n) is 16.5. The third kappa shape index (κ3) is 3.77. The second-order valence-electron chi connectivity index (χ2n) is 7.49. The number of rotatable bonds is 5. The van der Waals surface area contributed by atoms with Crippen LogP contribution in [-0.2, 0) is 22.4 Å². The number of hydrogen-bond donors (Lipinski definition) is 2. The molecule has 4 rings (SSSR count). The minimum atomic E-state index is -0.555. The summed E-state index contributed by atoms with van der Waals surface area (Å²) in [5.41, 5.74) is 7.52. The highest BCUT2D eigenvalue weighted by Gasteiger charge is 2.37. The van der Waals surface area contributed by atoms with Crippen LogP contribution in [0.1, 0.15) is 40.1 Å². The van der Waals surface area contributed by atoms with Gasteiger partial charge in [0.2, 0.25) is 11.8 Å². The number of ether oxygens (including phenoxy) is 1. The molecule has 7 nitrogen and oxygen atoms in total. The Morgan fingerprint density at radius 3 is 2.80 bits per heavy atom. The Labute approximate surface area is 183 Å². The van der Waals surface area contributed by atoms with Crippen LogP contribution >= 0.6 is 22.9 Å². The maximum absolute atomic E-state index is 13.0. The van der Waals surface area contributed by atoms with E-state index in [0.717, 1.165) is 36.1 Å². The summed E-state index contributed by atoms with van der Waals surface area (Å²) < 4.78 is 5.34. The van der Waals surface area contributed by atoms with Crippen molar-refractivity contribution >= 4 is 51.3 Å². The fraction of sp³-hybridized carbons (Fsp3) is 0.381. The fourth-order valence-electron chi connectivity index (χ4n) is 4.12. The minimum Gasteiger partial charge on any atom is -0.495 e. The Morgan fingerprint density at radius 1 is 1.30 bits per heavy atom. The van der Waals surface area contributed by atoms with Crippen LogP contribution in [0.3, 0.4) is 0 Å². The summed E-state index contributed by atoms with van der Waals surface area (Å²) in [5, 5.41) is 3.83. The molecule has 1 aromatic carbocycles. The predicted octanol–water partition coefficient (Wildman–Crippen LogP) is 3.38. The van der Waals surface area contributed by atoms with Gasteiger partial charge in [0.25, 0.3) is 5.91 Å². The Kier molecular flexibility index (Phi) is 5.71. The van der Waals surface area contributed by atoms with Crippen molar-refractivity contribution in [1.29, 1.82) is 0 Å². The Morgan fingerprint density at radius 2 is 2.07 bits per heavy atom. The molecule has 0 unspecified atom stereocenters. The van der Waals surface area contributed by atoms with E-state index >= 15 is 0 Å². The first-order valence-electron chi connectivity index (χ1n) is 9.78. The van der Waals surface area contributed by atoms with Crippen molar-refractivity contribution in [3.05, 3.63) is 39.2 Å². The van der Waals surface area contributed by atoms with E-state index in [-0.39, 0.29) is 24.8 Å². The van der Waals surface area contributed by atoms with E-state index in [2.05, 4.69) is 5.32 Å². The fourth-order valence-corrected chi connectivity index (χ4v) is 5.58. The monoisotopic (exact) mass is 447 g/mol. The van der Waals surface area contributed by atoms with Crippen LogP contribution in [0.5, 0.6) is 5.75 Å². The topological polar surface area (TPSA) is 102 Å². The van der Waals surface area contributed by atoms with Crippen molar-refractivity contribution in [3.8, 4) is 5.75 Å². The average Bonchev–Trinajstić information content (AvgIpc) is 3.28. The number of halogens is 1. The predicted molar refractivity (Wildman–Crippen MR) is 117 cm³/mol. The third-order valence-corrected chi connectivity index (χ3v) is 7.02. The molecular weight excluding hydrogens is 426 g/mol. The number of amides is 3. The number of carbonyl (C=O) groups excluding carboxylic acids is 3. The van der Waals surface area contributed by atoms with Gasteiger partial charge in [-0.1, -0.05) is 11.6 Å². The zero-order valence-corrected chi connectivity index (χ0v) is 18.1. The molecular formula is C21H22ClN3O4S. The van der Waals surface area contributed by atoms with E-state index < -0.39 is 11.8 Å². The molecule has 1 aliphatic heterocycles. The summed E-state index contributed by atoms with van der Waals surface area (Å²) in [6.45, 7) is 0.207. The van der Waals surface area contributed by atoms with E-state index in [1.54, 1.807) is 18.2 Å². The maximum Gasteiger partial charge on any atom is 0.251 e. The largest absolute Gasteiger partial charge is 0.495 e. The van der Waals surface area contributed by atoms with Crippen molar-refractivity contribution in [3.63, 3.8) is 0 Å². The minimum absolute atomic E-state index is 0.0680. The van der Waals surface area contributed by atoms with Crippen LogP contribution in [0.15, 0.2) is 18.2 Å². The molecule has 1 aromatic heterocycles. The number of nitrogens with two attached hydrogens (primary N) is 1. The van der Waals surface area contributed by atoms with E-state index in [9.17, 15) is 14.4 Å². The van der Waals surface area contributed by atoms with Gasteiger partial charge in [0.15, 0.2) is 0 Å². The SMILES string of the molecule is COc1ccc(Cl)cc1N1C[C@@H](C(=O)Nc2sc3c(c2C(N)=O)CCCC3)CC1=O. The van der Waals surface area contributed by atoms with Crippen LogP contribution in [0, 0.1) is 5.92 Å². The van der Waals surface area contributed by atoms with Crippen LogP contribution in [0.25, 0.3) is 0 Å². The molecule has 0 bridgehead atoms. The first kappa shape index (κ1) is 20.7. The Balaban J connectivity index is 1.55. The highest BCUT2D eigenvalue weighted by atomic mass is 35.5. The van der Waals surface area contributed by atoms with Crippen molar-refractivity contribution < 1.29 is 19.1 Å². The molecule has 1 atom stereocenters. The number of aryl methyl sites for hydroxylation is 1. The molecule has 0 radical (unpaired) electrons. The van der Waals surface area contributed by atoms with E-state index in [1.807, 2.05) is 0 Å². The molecule has 30 heavy (non-hydrogen) atoms. The van der Waals surface area contributed by atoms with Gasteiger partial charge >= 0.3 is 0 Å². The van der Waals surface area contributed by atoms with Gasteiger partial charge in [-0.25, -0.2) is 0 Å². The highest BCUT2D eigenvalue weighted by Crippen LogP contribution is 2.39. The van der Waals surface area contributed by atoms with Gasteiger partial charge in [0.05, 0.1) is 24.3 Å². The molecule has 0 spiro atoms. The van der Waals surface area contributed by atoms with Gasteiger partial charge in [-0.15, -0.1) is 11.3 Å². The van der Waals surface area contributed by atoms with E-state index in [4.69, 9.17) is 22.1 Å². The molecule has 9 heteroatoms. The molecule has 2 aliphatic rings. The lowest BCUT2D eigenvalue weighted by Gasteiger charge is -2.19. The number of carbonyl (C=O) groups is 3. The van der Waals surface area contributed by atoms with Crippen molar-refractivity contribution in [2.24, 2.45) is 11.7 Å². The lowest BCUT2D eigenvalue weighted by Crippen LogP contribution is -2.28. The summed E-state index contributed by atoms with van der Waals surface area (Å²) in [7, 11) is 1.52. The van der Waals surface area contributed by atoms with Gasteiger partial charge in [-0.2, -0.15) is 0 Å². The van der Waals surface area contributed by atoms with Crippen molar-refractivity contribution in [2.45, 2.75) is 32.1 Å². The van der Waals surface area contributed by atoms with Crippen LogP contribution < -0.4 is 20.7 Å². The number of nitrogens with zero attached hydrogens (tertiary/aromatic N) is 1. The molecule has 0 saturated carbocycles. The quantitative estimate of drug-likeness (QED) is 0.733. The summed E-state index contributed by atoms with van der Waals surface area (Å²) in [6, 6.07) is 5.02. The smallest absolute Gasteiger partial charge is 0.251 e. The first-order chi connectivity index (χ1) is 14.4. The summed E-state index contributed by atoms with van der Waals surface area (Å²) in [6.07, 6.45) is 3.82. The van der Waals surface area contributed by atoms with Crippen molar-refractivity contribution in [1.82, 2.24) is 0 Å². The number of nitrogens with one attached hydrogen (secondary N) is 1. The van der Waals surface area contributed by atoms with Gasteiger partial charge in [-0.05, 0) is 49.4 Å². The number of primary amides is 1. The Hall–Kier alpha value is -2.58. The number of anilines is 2. The van der Waals surface area contributed by atoms with Crippen LogP contribution in [0.2, 0.25) is 5.02 Å². The maximum atomic E-state index is 13.0. The molecule has 2 aromatic rings. The average molecular weight is 448 g/mol. The van der Waals surface area contributed by atoms with E-state index in [0.29, 0.717) is 27.0 Å². The zero-order chi connectivity index (χ0) is 21.4. The molecule has 158 valence electrons. The summed E-state index contributed by atoms with van der Waals surface area (Å²) in [4.78, 5) is 40.2. The van der Waals surface area contributed by atoms with Crippen molar-refractivity contribution in [2.75, 3.05) is 23.9 Å². The van der Waals surface area contributed by atoms with E-state index in [1.165, 1.54) is 23.3 Å². The van der Waals surface area contributed by atoms with Gasteiger partial charge in [-0.3, -0.25) is 14.4 Å². The second-order valence-corrected chi connectivity index (χ2v) is 9.03. The number of fused-ring (bicyclic) bond motifs is 1. The second kappa shape index (κ2) is 8.28. The molecule has 2 heterocycles. The third-order valence-electron chi connectivity index (χ3n) is 5.58. The first-order valence-corrected chi connectivity index (χ1v) is 11.0. The number of methoxy groups -OCH3 is 1. The molecule has 1 saturated heterocycles. The molecule has 1 fully saturated rings. The van der Waals surface area contributed by atoms with Crippen LogP contribution in [0.4, 0.5) is 10.7 Å². The van der Waals surface area contributed by atoms with Gasteiger partial charge < -0.3 is 20.7 Å².